The molecule has 0 bridgehead atoms. The monoisotopic (exact) mass is 494 g/mol. The highest BCUT2D eigenvalue weighted by atomic mass is 32.1. The van der Waals surface area contributed by atoms with Crippen LogP contribution in [0.3, 0.4) is 0 Å². The fourth-order valence-corrected chi connectivity index (χ4v) is 8.05. The van der Waals surface area contributed by atoms with Gasteiger partial charge in [-0.05, 0) is 79.7 Å². The third kappa shape index (κ3) is 4.88. The van der Waals surface area contributed by atoms with E-state index in [4.69, 9.17) is 24.9 Å². The van der Waals surface area contributed by atoms with Gasteiger partial charge in [-0.15, -0.1) is 11.3 Å². The van der Waals surface area contributed by atoms with Crippen molar-refractivity contribution in [3.05, 3.63) is 58.1 Å². The molecule has 0 radical (unpaired) electrons. The predicted molar refractivity (Wildman–Crippen MR) is 139 cm³/mol. The van der Waals surface area contributed by atoms with Gasteiger partial charge in [0.1, 0.15) is 0 Å². The van der Waals surface area contributed by atoms with Gasteiger partial charge in [0.25, 0.3) is 0 Å². The Morgan fingerprint density at radius 2 is 1.89 bits per heavy atom. The molecule has 2 aliphatic heterocycles. The standard InChI is InChI=1S/C29H38N2O3S/c30-24(18-25-17-23(20-35-25)22-6-10-29(11-7-22)33-15-16-34-29)19-27(26-5-1-4-13-31-26)12-14-32-28(21-27)8-2-3-9-28/h1,4-6,13,17,20,24H,2-3,7-12,14-16,18-19,21,30H2. The van der Waals surface area contributed by atoms with E-state index < -0.39 is 0 Å². The third-order valence-electron chi connectivity index (χ3n) is 8.76. The first-order chi connectivity index (χ1) is 17.1. The second-order valence-corrected chi connectivity index (χ2v) is 12.2. The van der Waals surface area contributed by atoms with Crippen molar-refractivity contribution >= 4 is 16.9 Å². The molecule has 0 aromatic carbocycles. The zero-order chi connectivity index (χ0) is 23.8. The SMILES string of the molecule is NC(Cc1cc(C2=CCC3(CC2)OCCO3)cs1)CC1(c2ccccn2)CCOC2(CCCC2)C1. The van der Waals surface area contributed by atoms with Crippen LogP contribution in [0, 0.1) is 0 Å². The first-order valence-corrected chi connectivity index (χ1v) is 14.3. The molecule has 2 aliphatic carbocycles. The lowest BCUT2D eigenvalue weighted by atomic mass is 9.66. The van der Waals surface area contributed by atoms with Crippen molar-refractivity contribution in [3.63, 3.8) is 0 Å². The number of allylic oxidation sites excluding steroid dienone is 1. The van der Waals surface area contributed by atoms with E-state index in [2.05, 4.69) is 29.7 Å². The molecule has 5 nitrogen and oxygen atoms in total. The van der Waals surface area contributed by atoms with Crippen LogP contribution in [0.25, 0.3) is 5.57 Å². The van der Waals surface area contributed by atoms with Gasteiger partial charge in [-0.3, -0.25) is 4.98 Å². The number of nitrogens with two attached hydrogens (primary N) is 1. The normalized spacial score (nSPS) is 28.4. The van der Waals surface area contributed by atoms with Gasteiger partial charge in [0.2, 0.25) is 0 Å². The van der Waals surface area contributed by atoms with Crippen LogP contribution in [0.5, 0.6) is 0 Å². The highest BCUT2D eigenvalue weighted by molar-refractivity contribution is 7.10. The van der Waals surface area contributed by atoms with Gasteiger partial charge in [0, 0.05) is 47.7 Å². The van der Waals surface area contributed by atoms with E-state index in [1.165, 1.54) is 47.4 Å². The van der Waals surface area contributed by atoms with E-state index in [9.17, 15) is 0 Å². The van der Waals surface area contributed by atoms with Gasteiger partial charge in [0.05, 0.1) is 18.8 Å². The lowest BCUT2D eigenvalue weighted by molar-refractivity contribution is -0.159. The summed E-state index contributed by atoms with van der Waals surface area (Å²) in [7, 11) is 0. The van der Waals surface area contributed by atoms with Crippen LogP contribution in [0.15, 0.2) is 41.9 Å². The van der Waals surface area contributed by atoms with Crippen LogP contribution in [-0.2, 0) is 26.0 Å². The molecule has 2 unspecified atom stereocenters. The second kappa shape index (κ2) is 9.71. The summed E-state index contributed by atoms with van der Waals surface area (Å²) >= 11 is 1.85. The molecule has 3 fully saturated rings. The summed E-state index contributed by atoms with van der Waals surface area (Å²) in [4.78, 5) is 6.22. The van der Waals surface area contributed by atoms with Crippen LogP contribution in [0.1, 0.15) is 80.3 Å². The number of hydrogen-bond acceptors (Lipinski definition) is 6. The maximum Gasteiger partial charge on any atom is 0.172 e. The highest BCUT2D eigenvalue weighted by Gasteiger charge is 2.49. The number of aromatic nitrogens is 1. The highest BCUT2D eigenvalue weighted by Crippen LogP contribution is 2.50. The number of pyridine rings is 1. The third-order valence-corrected chi connectivity index (χ3v) is 9.72. The van der Waals surface area contributed by atoms with Crippen molar-refractivity contribution in [2.45, 2.75) is 93.5 Å². The number of thiophene rings is 1. The van der Waals surface area contributed by atoms with E-state index in [0.717, 1.165) is 64.8 Å². The van der Waals surface area contributed by atoms with Gasteiger partial charge >= 0.3 is 0 Å². The van der Waals surface area contributed by atoms with Crippen molar-refractivity contribution in [2.24, 2.45) is 5.73 Å². The molecular weight excluding hydrogens is 456 g/mol. The molecule has 2 aromatic rings. The van der Waals surface area contributed by atoms with Crippen molar-refractivity contribution in [3.8, 4) is 0 Å². The van der Waals surface area contributed by atoms with Gasteiger partial charge in [0.15, 0.2) is 5.79 Å². The zero-order valence-corrected chi connectivity index (χ0v) is 21.5. The molecule has 4 heterocycles. The van der Waals surface area contributed by atoms with Crippen LogP contribution < -0.4 is 5.73 Å². The molecule has 2 saturated heterocycles. The van der Waals surface area contributed by atoms with Crippen LogP contribution in [0.4, 0.5) is 0 Å². The largest absolute Gasteiger partial charge is 0.375 e. The Labute approximate surface area is 213 Å². The average Bonchev–Trinajstić information content (AvgIpc) is 3.63. The Bertz CT molecular complexity index is 1040. The number of ether oxygens (including phenoxy) is 3. The van der Waals surface area contributed by atoms with Gasteiger partial charge in [-0.2, -0.15) is 0 Å². The smallest absolute Gasteiger partial charge is 0.172 e. The second-order valence-electron chi connectivity index (χ2n) is 11.2. The summed E-state index contributed by atoms with van der Waals surface area (Å²) in [6, 6.07) is 8.82. The fourth-order valence-electron chi connectivity index (χ4n) is 7.05. The van der Waals surface area contributed by atoms with Gasteiger partial charge in [-0.25, -0.2) is 0 Å². The first-order valence-electron chi connectivity index (χ1n) is 13.4. The van der Waals surface area contributed by atoms with Crippen LogP contribution >= 0.6 is 11.3 Å². The lowest BCUT2D eigenvalue weighted by Crippen LogP contribution is -2.49. The first kappa shape index (κ1) is 23.8. The van der Waals surface area contributed by atoms with E-state index in [0.29, 0.717) is 0 Å². The molecule has 6 rings (SSSR count). The molecular formula is C29H38N2O3S. The van der Waals surface area contributed by atoms with E-state index in [1.54, 1.807) is 0 Å². The number of rotatable bonds is 6. The Balaban J connectivity index is 1.16. The summed E-state index contributed by atoms with van der Waals surface area (Å²) in [5.41, 5.74) is 10.9. The van der Waals surface area contributed by atoms with Gasteiger partial charge < -0.3 is 19.9 Å². The molecule has 2 N–H and O–H groups in total. The number of nitrogens with zero attached hydrogens (tertiary/aromatic N) is 1. The van der Waals surface area contributed by atoms with E-state index >= 15 is 0 Å². The summed E-state index contributed by atoms with van der Waals surface area (Å²) in [6.07, 6.45) is 15.9. The van der Waals surface area contributed by atoms with Crippen LogP contribution in [0.2, 0.25) is 0 Å². The summed E-state index contributed by atoms with van der Waals surface area (Å²) in [5, 5.41) is 2.30. The minimum Gasteiger partial charge on any atom is -0.375 e. The summed E-state index contributed by atoms with van der Waals surface area (Å²) in [5.74, 6) is -0.356. The molecule has 2 aromatic heterocycles. The topological polar surface area (TPSA) is 66.6 Å². The Hall–Kier alpha value is -1.57. The lowest BCUT2D eigenvalue weighted by Gasteiger charge is -2.47. The molecule has 0 amide bonds. The van der Waals surface area contributed by atoms with Gasteiger partial charge in [-0.1, -0.05) is 25.0 Å². The fraction of sp³-hybridized carbons (Fsp3) is 0.621. The summed E-state index contributed by atoms with van der Waals surface area (Å²) < 4.78 is 18.2. The Kier molecular flexibility index (Phi) is 6.61. The minimum atomic E-state index is -0.356. The summed E-state index contributed by atoms with van der Waals surface area (Å²) in [6.45, 7) is 2.25. The Morgan fingerprint density at radius 1 is 1.03 bits per heavy atom. The molecule has 188 valence electrons. The zero-order valence-electron chi connectivity index (χ0n) is 20.7. The quantitative estimate of drug-likeness (QED) is 0.552. The molecule has 6 heteroatoms. The van der Waals surface area contributed by atoms with Crippen molar-refractivity contribution in [2.75, 3.05) is 19.8 Å². The minimum absolute atomic E-state index is 0.00482. The van der Waals surface area contributed by atoms with E-state index in [1.807, 2.05) is 23.6 Å². The Morgan fingerprint density at radius 3 is 2.63 bits per heavy atom. The van der Waals surface area contributed by atoms with Crippen molar-refractivity contribution < 1.29 is 14.2 Å². The molecule has 2 atom stereocenters. The number of hydrogen-bond donors (Lipinski definition) is 1. The van der Waals surface area contributed by atoms with E-state index in [-0.39, 0.29) is 22.8 Å². The maximum absolute atomic E-state index is 6.90. The van der Waals surface area contributed by atoms with Crippen molar-refractivity contribution in [1.29, 1.82) is 0 Å². The molecule has 2 spiro atoms. The average molecular weight is 495 g/mol. The molecule has 4 aliphatic rings. The maximum atomic E-state index is 6.90. The molecule has 35 heavy (non-hydrogen) atoms. The van der Waals surface area contributed by atoms with Crippen LogP contribution in [-0.4, -0.2) is 42.2 Å². The van der Waals surface area contributed by atoms with Crippen molar-refractivity contribution in [1.82, 2.24) is 4.98 Å². The molecule has 1 saturated carbocycles. The predicted octanol–water partition coefficient (Wildman–Crippen LogP) is 5.77.